The lowest BCUT2D eigenvalue weighted by atomic mass is 9.88. The number of nitrogens with one attached hydrogen (secondary N) is 2. The first kappa shape index (κ1) is 29.5. The molecule has 2 aromatic carbocycles. The van der Waals surface area contributed by atoms with Crippen molar-refractivity contribution in [3.05, 3.63) is 64.0 Å². The summed E-state index contributed by atoms with van der Waals surface area (Å²) in [5.41, 5.74) is 2.53. The Kier molecular flexibility index (Phi) is 9.76. The van der Waals surface area contributed by atoms with Gasteiger partial charge in [0.15, 0.2) is 11.5 Å². The van der Waals surface area contributed by atoms with Crippen molar-refractivity contribution in [3.63, 3.8) is 0 Å². The standard InChI is InChI=1S/C30H34N2O6S2/c1-6-38-30(35)26-22-12-10-17(2)14-25(22)40-29(26)32-27(33)18(3)39-21-9-7-8-20(16-21)31-28(34)19-11-13-23(36-4)24(15-19)37-5/h7-9,11,13,15-18H,6,10,12,14H2,1-5H3,(H,31,34)(H,32,33). The molecule has 0 saturated carbocycles. The maximum absolute atomic E-state index is 13.2. The van der Waals surface area contributed by atoms with Crippen molar-refractivity contribution in [1.29, 1.82) is 0 Å². The van der Waals surface area contributed by atoms with Crippen LogP contribution in [0.25, 0.3) is 0 Å². The van der Waals surface area contributed by atoms with E-state index in [1.807, 2.05) is 25.1 Å². The van der Waals surface area contributed by atoms with Crippen molar-refractivity contribution >= 4 is 51.6 Å². The molecule has 2 unspecified atom stereocenters. The lowest BCUT2D eigenvalue weighted by molar-refractivity contribution is -0.115. The van der Waals surface area contributed by atoms with E-state index in [4.69, 9.17) is 14.2 Å². The van der Waals surface area contributed by atoms with Gasteiger partial charge in [-0.1, -0.05) is 13.0 Å². The zero-order chi connectivity index (χ0) is 28.8. The zero-order valence-corrected chi connectivity index (χ0v) is 24.9. The van der Waals surface area contributed by atoms with Crippen molar-refractivity contribution in [3.8, 4) is 11.5 Å². The van der Waals surface area contributed by atoms with Gasteiger partial charge in [0.25, 0.3) is 5.91 Å². The molecule has 40 heavy (non-hydrogen) atoms. The van der Waals surface area contributed by atoms with Crippen molar-refractivity contribution in [2.45, 2.75) is 50.2 Å². The molecule has 1 aliphatic rings. The first-order valence-electron chi connectivity index (χ1n) is 13.2. The van der Waals surface area contributed by atoms with E-state index in [0.717, 1.165) is 34.6 Å². The number of amides is 2. The Labute approximate surface area is 242 Å². The number of benzene rings is 2. The van der Waals surface area contributed by atoms with Crippen LogP contribution < -0.4 is 20.1 Å². The highest BCUT2D eigenvalue weighted by Gasteiger charge is 2.30. The molecule has 212 valence electrons. The van der Waals surface area contributed by atoms with Crippen molar-refractivity contribution < 1.29 is 28.6 Å². The summed E-state index contributed by atoms with van der Waals surface area (Å²) >= 11 is 2.84. The molecule has 2 amide bonds. The molecule has 0 saturated heterocycles. The third kappa shape index (κ3) is 6.79. The van der Waals surface area contributed by atoms with Crippen molar-refractivity contribution in [2.24, 2.45) is 5.92 Å². The molecule has 1 heterocycles. The number of thioether (sulfide) groups is 1. The van der Waals surface area contributed by atoms with E-state index >= 15 is 0 Å². The summed E-state index contributed by atoms with van der Waals surface area (Å²) in [6, 6.07) is 12.3. The maximum Gasteiger partial charge on any atom is 0.341 e. The van der Waals surface area contributed by atoms with Crippen LogP contribution in [0.5, 0.6) is 11.5 Å². The van der Waals surface area contributed by atoms with Gasteiger partial charge >= 0.3 is 5.97 Å². The molecule has 0 bridgehead atoms. The topological polar surface area (TPSA) is 103 Å². The maximum atomic E-state index is 13.2. The zero-order valence-electron chi connectivity index (χ0n) is 23.3. The molecule has 3 aromatic rings. The number of carbonyl (C=O) groups is 3. The number of carbonyl (C=O) groups excluding carboxylic acids is 3. The van der Waals surface area contributed by atoms with Gasteiger partial charge in [-0.2, -0.15) is 0 Å². The summed E-state index contributed by atoms with van der Waals surface area (Å²) in [4.78, 5) is 40.8. The number of methoxy groups -OCH3 is 2. The highest BCUT2D eigenvalue weighted by atomic mass is 32.2. The molecule has 2 N–H and O–H groups in total. The summed E-state index contributed by atoms with van der Waals surface area (Å²) in [7, 11) is 3.05. The number of rotatable bonds is 10. The highest BCUT2D eigenvalue weighted by Crippen LogP contribution is 2.40. The van der Waals surface area contributed by atoms with Gasteiger partial charge in [-0.3, -0.25) is 9.59 Å². The summed E-state index contributed by atoms with van der Waals surface area (Å²) in [6.45, 7) is 6.07. The van der Waals surface area contributed by atoms with E-state index in [-0.39, 0.29) is 24.4 Å². The fourth-order valence-electron chi connectivity index (χ4n) is 4.56. The van der Waals surface area contributed by atoms with Gasteiger partial charge in [0.05, 0.1) is 31.6 Å². The van der Waals surface area contributed by atoms with Crippen molar-refractivity contribution in [2.75, 3.05) is 31.5 Å². The number of esters is 1. The van der Waals surface area contributed by atoms with Gasteiger partial charge in [0.1, 0.15) is 5.00 Å². The fourth-order valence-corrected chi connectivity index (χ4v) is 6.89. The Bertz CT molecular complexity index is 1400. The monoisotopic (exact) mass is 582 g/mol. The molecule has 0 radical (unpaired) electrons. The number of hydrogen-bond acceptors (Lipinski definition) is 8. The quantitative estimate of drug-likeness (QED) is 0.210. The second-order valence-electron chi connectivity index (χ2n) is 9.58. The van der Waals surface area contributed by atoms with E-state index in [1.54, 1.807) is 31.2 Å². The number of fused-ring (bicyclic) bond motifs is 1. The molecule has 2 atom stereocenters. The van der Waals surface area contributed by atoms with Gasteiger partial charge in [0.2, 0.25) is 5.91 Å². The minimum Gasteiger partial charge on any atom is -0.493 e. The third-order valence-corrected chi connectivity index (χ3v) is 8.91. The van der Waals surface area contributed by atoms with Crippen LogP contribution >= 0.6 is 23.1 Å². The van der Waals surface area contributed by atoms with Gasteiger partial charge in [-0.25, -0.2) is 4.79 Å². The first-order chi connectivity index (χ1) is 19.2. The summed E-state index contributed by atoms with van der Waals surface area (Å²) in [5, 5.41) is 6.00. The van der Waals surface area contributed by atoms with Crippen LogP contribution in [0.4, 0.5) is 10.7 Å². The second-order valence-corrected chi connectivity index (χ2v) is 12.1. The lowest BCUT2D eigenvalue weighted by Gasteiger charge is -2.18. The van der Waals surface area contributed by atoms with Gasteiger partial charge < -0.3 is 24.8 Å². The van der Waals surface area contributed by atoms with Crippen LogP contribution in [0.15, 0.2) is 47.4 Å². The number of thiophene rings is 1. The van der Waals surface area contributed by atoms with E-state index in [2.05, 4.69) is 17.6 Å². The molecular formula is C30H34N2O6S2. The number of anilines is 2. The van der Waals surface area contributed by atoms with Gasteiger partial charge in [0, 0.05) is 21.0 Å². The first-order valence-corrected chi connectivity index (χ1v) is 14.9. The average Bonchev–Trinajstić information content (AvgIpc) is 3.29. The lowest BCUT2D eigenvalue weighted by Crippen LogP contribution is -2.23. The number of ether oxygens (including phenoxy) is 3. The Morgan fingerprint density at radius 1 is 1.07 bits per heavy atom. The smallest absolute Gasteiger partial charge is 0.341 e. The second kappa shape index (κ2) is 13.2. The predicted molar refractivity (Wildman–Crippen MR) is 159 cm³/mol. The van der Waals surface area contributed by atoms with Crippen LogP contribution in [0.2, 0.25) is 0 Å². The Morgan fingerprint density at radius 2 is 1.85 bits per heavy atom. The molecular weight excluding hydrogens is 548 g/mol. The molecule has 0 aliphatic heterocycles. The van der Waals surface area contributed by atoms with E-state index < -0.39 is 5.25 Å². The molecule has 1 aromatic heterocycles. The van der Waals surface area contributed by atoms with Gasteiger partial charge in [-0.15, -0.1) is 23.1 Å². The van der Waals surface area contributed by atoms with Crippen LogP contribution in [0.1, 0.15) is 58.3 Å². The fraction of sp³-hybridized carbons (Fsp3) is 0.367. The Morgan fingerprint density at radius 3 is 2.58 bits per heavy atom. The van der Waals surface area contributed by atoms with E-state index in [9.17, 15) is 14.4 Å². The average molecular weight is 583 g/mol. The summed E-state index contributed by atoms with van der Waals surface area (Å²) < 4.78 is 15.9. The minimum atomic E-state index is -0.454. The third-order valence-electron chi connectivity index (χ3n) is 6.65. The molecule has 0 spiro atoms. The highest BCUT2D eigenvalue weighted by molar-refractivity contribution is 8.00. The van der Waals surface area contributed by atoms with Crippen LogP contribution in [0.3, 0.4) is 0 Å². The Balaban J connectivity index is 1.44. The molecule has 4 rings (SSSR count). The van der Waals surface area contributed by atoms with Crippen molar-refractivity contribution in [1.82, 2.24) is 0 Å². The largest absolute Gasteiger partial charge is 0.493 e. The Hall–Kier alpha value is -3.50. The predicted octanol–water partition coefficient (Wildman–Crippen LogP) is 6.44. The molecule has 8 nitrogen and oxygen atoms in total. The summed E-state index contributed by atoms with van der Waals surface area (Å²) in [6.07, 6.45) is 2.71. The minimum absolute atomic E-state index is 0.207. The SMILES string of the molecule is CCOC(=O)c1c(NC(=O)C(C)Sc2cccc(NC(=O)c3ccc(OC)c(OC)c3)c2)sc2c1CCC(C)C2. The van der Waals surface area contributed by atoms with E-state index in [0.29, 0.717) is 39.2 Å². The molecule has 0 fully saturated rings. The van der Waals surface area contributed by atoms with E-state index in [1.165, 1.54) is 37.3 Å². The van der Waals surface area contributed by atoms with Crippen LogP contribution in [-0.2, 0) is 22.4 Å². The normalized spacial score (nSPS) is 15.0. The van der Waals surface area contributed by atoms with Gasteiger partial charge in [-0.05, 0) is 81.0 Å². The van der Waals surface area contributed by atoms with Crippen LogP contribution in [0, 0.1) is 5.92 Å². The number of hydrogen-bond donors (Lipinski definition) is 2. The summed E-state index contributed by atoms with van der Waals surface area (Å²) in [5.74, 6) is 0.656. The molecule has 10 heteroatoms. The molecule has 1 aliphatic carbocycles. The van der Waals surface area contributed by atoms with Crippen LogP contribution in [-0.4, -0.2) is 43.9 Å².